The van der Waals surface area contributed by atoms with Crippen LogP contribution in [-0.4, -0.2) is 46.6 Å². The standard InChI is InChI=1S/C21H21NO7S2/c1-27-20-6-2-3-7-21(20)29-16-8-10-18(11-9-16)31(25,26)22-13-19(14-22)30(23,24)15-17-5-4-12-28-17/h2-12,19H,13-15H2,1H3. The number of furan rings is 1. The molecule has 0 atom stereocenters. The van der Waals surface area contributed by atoms with E-state index in [1.54, 1.807) is 42.5 Å². The number of hydrogen-bond donors (Lipinski definition) is 0. The average molecular weight is 464 g/mol. The molecule has 0 N–H and O–H groups in total. The van der Waals surface area contributed by atoms with Gasteiger partial charge in [-0.2, -0.15) is 4.31 Å². The molecule has 0 unspecified atom stereocenters. The molecule has 1 aromatic heterocycles. The van der Waals surface area contributed by atoms with Gasteiger partial charge in [-0.3, -0.25) is 0 Å². The predicted molar refractivity (Wildman–Crippen MR) is 113 cm³/mol. The summed E-state index contributed by atoms with van der Waals surface area (Å²) in [4.78, 5) is 0.0711. The highest BCUT2D eigenvalue weighted by atomic mass is 32.2. The van der Waals surface area contributed by atoms with E-state index in [4.69, 9.17) is 13.9 Å². The largest absolute Gasteiger partial charge is 0.493 e. The number of sulfone groups is 1. The molecule has 4 rings (SSSR count). The highest BCUT2D eigenvalue weighted by Crippen LogP contribution is 2.32. The summed E-state index contributed by atoms with van der Waals surface area (Å²) in [6.45, 7) is -0.157. The van der Waals surface area contributed by atoms with Crippen LogP contribution in [0.2, 0.25) is 0 Å². The summed E-state index contributed by atoms with van der Waals surface area (Å²) in [6, 6.07) is 16.3. The van der Waals surface area contributed by atoms with Gasteiger partial charge in [0.2, 0.25) is 10.0 Å². The molecule has 1 aliphatic rings. The van der Waals surface area contributed by atoms with Crippen LogP contribution in [0.1, 0.15) is 5.76 Å². The molecule has 0 saturated carbocycles. The molecule has 31 heavy (non-hydrogen) atoms. The molecule has 164 valence electrons. The second-order valence-corrected chi connectivity index (χ2v) is 11.3. The first-order valence-electron chi connectivity index (χ1n) is 9.44. The zero-order chi connectivity index (χ0) is 22.1. The van der Waals surface area contributed by atoms with Crippen LogP contribution in [0, 0.1) is 0 Å². The number of sulfonamides is 1. The maximum Gasteiger partial charge on any atom is 0.243 e. The fourth-order valence-electron chi connectivity index (χ4n) is 3.19. The Morgan fingerprint density at radius 1 is 0.935 bits per heavy atom. The number of nitrogens with zero attached hydrogens (tertiary/aromatic N) is 1. The van der Waals surface area contributed by atoms with E-state index < -0.39 is 25.1 Å². The molecule has 3 aromatic rings. The summed E-state index contributed by atoms with van der Waals surface area (Å²) < 4.78 is 67.8. The molecular weight excluding hydrogens is 442 g/mol. The zero-order valence-corrected chi connectivity index (χ0v) is 18.3. The van der Waals surface area contributed by atoms with Crippen molar-refractivity contribution < 1.29 is 30.7 Å². The molecule has 8 nitrogen and oxygen atoms in total. The number of para-hydroxylation sites is 2. The minimum absolute atomic E-state index is 0.0711. The van der Waals surface area contributed by atoms with Gasteiger partial charge in [-0.05, 0) is 48.5 Å². The molecule has 0 amide bonds. The van der Waals surface area contributed by atoms with Gasteiger partial charge in [0.25, 0.3) is 0 Å². The normalized spacial score (nSPS) is 15.4. The summed E-state index contributed by atoms with van der Waals surface area (Å²) in [5.41, 5.74) is 0. The Balaban J connectivity index is 1.41. The van der Waals surface area contributed by atoms with Crippen LogP contribution in [0.15, 0.2) is 76.2 Å². The van der Waals surface area contributed by atoms with Gasteiger partial charge in [0, 0.05) is 13.1 Å². The van der Waals surface area contributed by atoms with Gasteiger partial charge in [0.1, 0.15) is 17.3 Å². The molecule has 0 radical (unpaired) electrons. The summed E-state index contributed by atoms with van der Waals surface area (Å²) in [5.74, 6) is 1.61. The monoisotopic (exact) mass is 463 g/mol. The first kappa shape index (κ1) is 21.4. The molecule has 0 spiro atoms. The SMILES string of the molecule is COc1ccccc1Oc1ccc(S(=O)(=O)N2CC(S(=O)(=O)Cc3ccco3)C2)cc1. The Bertz CT molecular complexity index is 1250. The topological polar surface area (TPSA) is 103 Å². The zero-order valence-electron chi connectivity index (χ0n) is 16.7. The summed E-state index contributed by atoms with van der Waals surface area (Å²) in [6.07, 6.45) is 1.41. The van der Waals surface area contributed by atoms with Crippen LogP contribution in [0.3, 0.4) is 0 Å². The van der Waals surface area contributed by atoms with Crippen LogP contribution < -0.4 is 9.47 Å². The Hall–Kier alpha value is -2.82. The van der Waals surface area contributed by atoms with E-state index in [0.717, 1.165) is 4.31 Å². The average Bonchev–Trinajstić information content (AvgIpc) is 3.19. The van der Waals surface area contributed by atoms with Crippen LogP contribution in [0.25, 0.3) is 0 Å². The van der Waals surface area contributed by atoms with Crippen molar-refractivity contribution >= 4 is 19.9 Å². The number of hydrogen-bond acceptors (Lipinski definition) is 7. The molecule has 1 aliphatic heterocycles. The molecule has 2 aromatic carbocycles. The lowest BCUT2D eigenvalue weighted by atomic mass is 10.3. The Labute approximate surface area is 181 Å². The first-order chi connectivity index (χ1) is 14.8. The maximum atomic E-state index is 12.8. The minimum Gasteiger partial charge on any atom is -0.493 e. The lowest BCUT2D eigenvalue weighted by molar-refractivity contribution is 0.309. The van der Waals surface area contributed by atoms with Gasteiger partial charge in [-0.1, -0.05) is 12.1 Å². The Kier molecular flexibility index (Phi) is 5.78. The molecular formula is C21H21NO7S2. The van der Waals surface area contributed by atoms with Gasteiger partial charge in [0.05, 0.1) is 23.5 Å². The van der Waals surface area contributed by atoms with Crippen LogP contribution in [0.5, 0.6) is 17.2 Å². The number of benzene rings is 2. The summed E-state index contributed by atoms with van der Waals surface area (Å²) in [7, 11) is -5.76. The molecule has 0 bridgehead atoms. The van der Waals surface area contributed by atoms with E-state index >= 15 is 0 Å². The minimum atomic E-state index is -3.79. The third-order valence-corrected chi connectivity index (χ3v) is 8.85. The van der Waals surface area contributed by atoms with Crippen LogP contribution in [0.4, 0.5) is 0 Å². The van der Waals surface area contributed by atoms with Crippen molar-refractivity contribution in [2.75, 3.05) is 20.2 Å². The van der Waals surface area contributed by atoms with E-state index in [-0.39, 0.29) is 23.7 Å². The summed E-state index contributed by atoms with van der Waals surface area (Å²) in [5, 5.41) is -0.750. The van der Waals surface area contributed by atoms with Gasteiger partial charge in [0.15, 0.2) is 21.3 Å². The second-order valence-electron chi connectivity index (χ2n) is 7.05. The molecule has 10 heteroatoms. The van der Waals surface area contributed by atoms with E-state index in [0.29, 0.717) is 23.0 Å². The Morgan fingerprint density at radius 2 is 1.61 bits per heavy atom. The van der Waals surface area contributed by atoms with E-state index in [9.17, 15) is 16.8 Å². The highest BCUT2D eigenvalue weighted by Gasteiger charge is 2.43. The second kappa shape index (κ2) is 8.37. The van der Waals surface area contributed by atoms with Crippen molar-refractivity contribution in [3.63, 3.8) is 0 Å². The predicted octanol–water partition coefficient (Wildman–Crippen LogP) is 3.07. The number of methoxy groups -OCH3 is 1. The van der Waals surface area contributed by atoms with Crippen molar-refractivity contribution in [2.24, 2.45) is 0 Å². The lowest BCUT2D eigenvalue weighted by Gasteiger charge is -2.37. The van der Waals surface area contributed by atoms with E-state index in [1.165, 1.54) is 25.5 Å². The molecule has 2 heterocycles. The van der Waals surface area contributed by atoms with Crippen molar-refractivity contribution in [1.82, 2.24) is 4.31 Å². The summed E-state index contributed by atoms with van der Waals surface area (Å²) >= 11 is 0. The van der Waals surface area contributed by atoms with Crippen molar-refractivity contribution in [1.29, 1.82) is 0 Å². The van der Waals surface area contributed by atoms with Gasteiger partial charge >= 0.3 is 0 Å². The number of rotatable bonds is 8. The quantitative estimate of drug-likeness (QED) is 0.506. The Morgan fingerprint density at radius 3 is 2.23 bits per heavy atom. The maximum absolute atomic E-state index is 12.8. The van der Waals surface area contributed by atoms with Crippen molar-refractivity contribution in [2.45, 2.75) is 15.9 Å². The van der Waals surface area contributed by atoms with E-state index in [2.05, 4.69) is 0 Å². The van der Waals surface area contributed by atoms with Gasteiger partial charge < -0.3 is 13.9 Å². The van der Waals surface area contributed by atoms with Gasteiger partial charge in [-0.25, -0.2) is 16.8 Å². The molecule has 1 saturated heterocycles. The third-order valence-electron chi connectivity index (χ3n) is 5.00. The van der Waals surface area contributed by atoms with Crippen LogP contribution in [-0.2, 0) is 25.6 Å². The van der Waals surface area contributed by atoms with Crippen molar-refractivity contribution in [3.05, 3.63) is 72.7 Å². The first-order valence-corrected chi connectivity index (χ1v) is 12.6. The van der Waals surface area contributed by atoms with Gasteiger partial charge in [-0.15, -0.1) is 0 Å². The van der Waals surface area contributed by atoms with E-state index in [1.807, 2.05) is 6.07 Å². The highest BCUT2D eigenvalue weighted by molar-refractivity contribution is 7.92. The molecule has 1 fully saturated rings. The van der Waals surface area contributed by atoms with Crippen LogP contribution >= 0.6 is 0 Å². The smallest absolute Gasteiger partial charge is 0.243 e. The molecule has 0 aliphatic carbocycles. The fraction of sp³-hybridized carbons (Fsp3) is 0.238. The lowest BCUT2D eigenvalue weighted by Crippen LogP contribution is -2.56. The third kappa shape index (κ3) is 4.46. The number of ether oxygens (including phenoxy) is 2. The fourth-order valence-corrected chi connectivity index (χ4v) is 6.52. The van der Waals surface area contributed by atoms with Crippen molar-refractivity contribution in [3.8, 4) is 17.2 Å².